The molecule has 3 N–H and O–H groups in total. The molecule has 4 unspecified atom stereocenters. The van der Waals surface area contributed by atoms with Crippen molar-refractivity contribution >= 4 is 5.91 Å². The van der Waals surface area contributed by atoms with Crippen LogP contribution in [0.2, 0.25) is 0 Å². The van der Waals surface area contributed by atoms with Gasteiger partial charge < -0.3 is 11.1 Å². The zero-order valence-electron chi connectivity index (χ0n) is 11.1. The summed E-state index contributed by atoms with van der Waals surface area (Å²) in [6, 6.07) is 0.0728. The highest BCUT2D eigenvalue weighted by Gasteiger charge is 2.65. The summed E-state index contributed by atoms with van der Waals surface area (Å²) < 4.78 is 0. The van der Waals surface area contributed by atoms with Gasteiger partial charge in [-0.15, -0.1) is 0 Å². The van der Waals surface area contributed by atoms with Crippen LogP contribution >= 0.6 is 0 Å². The summed E-state index contributed by atoms with van der Waals surface area (Å²) in [5.74, 6) is 3.45. The van der Waals surface area contributed by atoms with Crippen LogP contribution in [0.1, 0.15) is 40.0 Å². The molecule has 0 aliphatic heterocycles. The minimum atomic E-state index is -0.388. The Morgan fingerprint density at radius 1 is 1.24 bits per heavy atom. The Kier molecular flexibility index (Phi) is 2.35. The number of hydrogen-bond donors (Lipinski definition) is 2. The van der Waals surface area contributed by atoms with E-state index in [1.54, 1.807) is 0 Å². The van der Waals surface area contributed by atoms with Crippen LogP contribution in [0.4, 0.5) is 0 Å². The normalized spacial score (nSPS) is 44.4. The van der Waals surface area contributed by atoms with Gasteiger partial charge in [0.1, 0.15) is 0 Å². The predicted molar refractivity (Wildman–Crippen MR) is 67.2 cm³/mol. The smallest absolute Gasteiger partial charge is 0.237 e. The largest absolute Gasteiger partial charge is 0.351 e. The van der Waals surface area contributed by atoms with Crippen LogP contribution in [-0.2, 0) is 4.79 Å². The summed E-state index contributed by atoms with van der Waals surface area (Å²) in [6.45, 7) is 6.07. The Morgan fingerprint density at radius 3 is 2.24 bits per heavy atom. The van der Waals surface area contributed by atoms with E-state index in [0.717, 1.165) is 23.7 Å². The quantitative estimate of drug-likeness (QED) is 0.764. The second-order valence-corrected chi connectivity index (χ2v) is 7.37. The molecule has 96 valence electrons. The number of nitrogens with two attached hydrogens (primary N) is 1. The molecule has 3 aliphatic rings. The first kappa shape index (κ1) is 11.5. The lowest BCUT2D eigenvalue weighted by Gasteiger charge is -2.26. The second-order valence-electron chi connectivity index (χ2n) is 7.37. The topological polar surface area (TPSA) is 55.1 Å². The lowest BCUT2D eigenvalue weighted by molar-refractivity contribution is -0.124. The number of carbonyl (C=O) groups excluding carboxylic acids is 1. The molecular weight excluding hydrogens is 212 g/mol. The van der Waals surface area contributed by atoms with Gasteiger partial charge in [0.2, 0.25) is 5.91 Å². The first-order valence-corrected chi connectivity index (χ1v) is 6.95. The Hall–Kier alpha value is -0.570. The third kappa shape index (κ3) is 1.70. The summed E-state index contributed by atoms with van der Waals surface area (Å²) in [5.41, 5.74) is 5.85. The Labute approximate surface area is 104 Å². The molecule has 3 fully saturated rings. The lowest BCUT2D eigenvalue weighted by Crippen LogP contribution is -2.49. The van der Waals surface area contributed by atoms with Crippen LogP contribution in [0.5, 0.6) is 0 Å². The molecule has 0 radical (unpaired) electrons. The molecule has 0 saturated heterocycles. The second kappa shape index (κ2) is 3.47. The molecule has 0 spiro atoms. The van der Waals surface area contributed by atoms with Crippen molar-refractivity contribution < 1.29 is 4.79 Å². The number of carbonyl (C=O) groups is 1. The van der Waals surface area contributed by atoms with E-state index in [0.29, 0.717) is 6.04 Å². The molecule has 3 rings (SSSR count). The van der Waals surface area contributed by atoms with Gasteiger partial charge in [0.05, 0.1) is 6.04 Å². The van der Waals surface area contributed by atoms with Crippen LogP contribution < -0.4 is 11.1 Å². The molecule has 0 heterocycles. The maximum Gasteiger partial charge on any atom is 0.237 e. The molecule has 3 nitrogen and oxygen atoms in total. The monoisotopic (exact) mass is 236 g/mol. The van der Waals surface area contributed by atoms with E-state index >= 15 is 0 Å². The predicted octanol–water partition coefficient (Wildman–Crippen LogP) is 1.52. The van der Waals surface area contributed by atoms with E-state index in [1.807, 2.05) is 20.8 Å². The van der Waals surface area contributed by atoms with E-state index < -0.39 is 0 Å². The van der Waals surface area contributed by atoms with Crippen LogP contribution in [0, 0.1) is 29.1 Å². The average molecular weight is 236 g/mol. The lowest BCUT2D eigenvalue weighted by atomic mass is 9.87. The molecule has 3 heteroatoms. The van der Waals surface area contributed by atoms with Gasteiger partial charge in [-0.05, 0) is 48.3 Å². The van der Waals surface area contributed by atoms with E-state index in [1.165, 1.54) is 19.3 Å². The highest BCUT2D eigenvalue weighted by molar-refractivity contribution is 5.83. The Bertz CT molecular complexity index is 331. The Balaban J connectivity index is 1.58. The molecule has 0 aromatic heterocycles. The maximum atomic E-state index is 12.1. The molecule has 3 aliphatic carbocycles. The van der Waals surface area contributed by atoms with Crippen molar-refractivity contribution in [3.8, 4) is 0 Å². The molecule has 3 saturated carbocycles. The summed E-state index contributed by atoms with van der Waals surface area (Å²) in [7, 11) is 0. The van der Waals surface area contributed by atoms with Crippen molar-refractivity contribution in [3.63, 3.8) is 0 Å². The van der Waals surface area contributed by atoms with Crippen LogP contribution in [-0.4, -0.2) is 18.0 Å². The van der Waals surface area contributed by atoms with Gasteiger partial charge in [-0.2, -0.15) is 0 Å². The fourth-order valence-electron chi connectivity index (χ4n) is 4.17. The first-order chi connectivity index (χ1) is 7.89. The van der Waals surface area contributed by atoms with Gasteiger partial charge in [-0.1, -0.05) is 20.8 Å². The molecule has 0 aromatic rings. The van der Waals surface area contributed by atoms with E-state index in [9.17, 15) is 4.79 Å². The summed E-state index contributed by atoms with van der Waals surface area (Å²) in [6.07, 6.45) is 4.21. The van der Waals surface area contributed by atoms with Crippen molar-refractivity contribution in [2.24, 2.45) is 34.8 Å². The highest BCUT2D eigenvalue weighted by Crippen LogP contribution is 2.65. The zero-order chi connectivity index (χ0) is 12.4. The third-order valence-electron chi connectivity index (χ3n) is 5.26. The minimum absolute atomic E-state index is 0.0521. The van der Waals surface area contributed by atoms with Crippen LogP contribution in [0.25, 0.3) is 0 Å². The summed E-state index contributed by atoms with van der Waals surface area (Å²) in [5, 5.41) is 3.20. The van der Waals surface area contributed by atoms with Gasteiger partial charge in [0.15, 0.2) is 0 Å². The minimum Gasteiger partial charge on any atom is -0.351 e. The number of hydrogen-bond acceptors (Lipinski definition) is 2. The third-order valence-corrected chi connectivity index (χ3v) is 5.26. The van der Waals surface area contributed by atoms with Crippen molar-refractivity contribution in [2.45, 2.75) is 52.1 Å². The van der Waals surface area contributed by atoms with Crippen molar-refractivity contribution in [1.29, 1.82) is 0 Å². The summed E-state index contributed by atoms with van der Waals surface area (Å²) in [4.78, 5) is 12.1. The molecule has 1 amide bonds. The molecule has 17 heavy (non-hydrogen) atoms. The molecule has 2 bridgehead atoms. The molecule has 0 aromatic carbocycles. The number of nitrogens with one attached hydrogen (secondary N) is 1. The zero-order valence-corrected chi connectivity index (χ0v) is 11.1. The van der Waals surface area contributed by atoms with Gasteiger partial charge >= 0.3 is 0 Å². The summed E-state index contributed by atoms with van der Waals surface area (Å²) >= 11 is 0. The number of amides is 1. The van der Waals surface area contributed by atoms with Gasteiger partial charge in [-0.25, -0.2) is 0 Å². The van der Waals surface area contributed by atoms with Crippen LogP contribution in [0.15, 0.2) is 0 Å². The SMILES string of the molecule is CC(C)(C)[C@H](N)C(=O)NC1C2C3CCC(C3)C12. The molecule has 5 atom stereocenters. The van der Waals surface area contributed by atoms with Gasteiger partial charge in [0.25, 0.3) is 0 Å². The van der Waals surface area contributed by atoms with Gasteiger partial charge in [-0.3, -0.25) is 4.79 Å². The van der Waals surface area contributed by atoms with Crippen molar-refractivity contribution in [2.75, 3.05) is 0 Å². The Morgan fingerprint density at radius 2 is 1.76 bits per heavy atom. The van der Waals surface area contributed by atoms with E-state index in [2.05, 4.69) is 5.32 Å². The van der Waals surface area contributed by atoms with Crippen LogP contribution in [0.3, 0.4) is 0 Å². The highest BCUT2D eigenvalue weighted by atomic mass is 16.2. The fourth-order valence-corrected chi connectivity index (χ4v) is 4.17. The van der Waals surface area contributed by atoms with Crippen molar-refractivity contribution in [1.82, 2.24) is 5.32 Å². The number of fused-ring (bicyclic) bond motifs is 5. The van der Waals surface area contributed by atoms with Gasteiger partial charge in [0, 0.05) is 6.04 Å². The maximum absolute atomic E-state index is 12.1. The van der Waals surface area contributed by atoms with E-state index in [-0.39, 0.29) is 17.4 Å². The standard InChI is InChI=1S/C14H24N2O/c1-14(2,3)12(15)13(17)16-11-9-7-4-5-8(6-7)10(9)11/h7-12H,4-6,15H2,1-3H3,(H,16,17)/t7?,8?,9?,10?,11?,12-/m1/s1. The molecular formula is C14H24N2O. The fraction of sp³-hybridized carbons (Fsp3) is 0.929. The number of rotatable bonds is 2. The van der Waals surface area contributed by atoms with Crippen molar-refractivity contribution in [3.05, 3.63) is 0 Å². The van der Waals surface area contributed by atoms with E-state index in [4.69, 9.17) is 5.73 Å². The average Bonchev–Trinajstić information content (AvgIpc) is 2.67. The first-order valence-electron chi connectivity index (χ1n) is 6.95.